The Bertz CT molecular complexity index is 645. The normalized spacial score (nSPS) is 18.0. The fourth-order valence-electron chi connectivity index (χ4n) is 2.31. The van der Waals surface area contributed by atoms with Crippen molar-refractivity contribution >= 4 is 18.7 Å². The van der Waals surface area contributed by atoms with Crippen LogP contribution in [0.2, 0.25) is 0 Å². The van der Waals surface area contributed by atoms with Crippen LogP contribution in [0.3, 0.4) is 0 Å². The van der Waals surface area contributed by atoms with E-state index in [4.69, 9.17) is 24.0 Å². The Labute approximate surface area is 121 Å². The van der Waals surface area contributed by atoms with Crippen LogP contribution >= 0.6 is 7.82 Å². The highest BCUT2D eigenvalue weighted by molar-refractivity contribution is 7.45. The Morgan fingerprint density at radius 1 is 1.43 bits per heavy atom. The Hall–Kier alpha value is -1.28. The lowest BCUT2D eigenvalue weighted by Gasteiger charge is -2.24. The van der Waals surface area contributed by atoms with Gasteiger partial charge in [0.25, 0.3) is 0 Å². The van der Waals surface area contributed by atoms with Crippen molar-refractivity contribution in [2.45, 2.75) is 12.6 Å². The molecule has 0 aliphatic carbocycles. The predicted octanol–water partition coefficient (Wildman–Crippen LogP) is 0.398. The lowest BCUT2D eigenvalue weighted by Crippen LogP contribution is -2.28. The molecule has 1 aliphatic heterocycles. The van der Waals surface area contributed by atoms with E-state index < -0.39 is 7.82 Å². The molecule has 9 heteroatoms. The maximum atomic E-state index is 8.88. The number of fused-ring (bicyclic) bond motifs is 3. The molecule has 4 N–H and O–H groups in total. The van der Waals surface area contributed by atoms with Gasteiger partial charge in [-0.25, -0.2) is 4.57 Å². The van der Waals surface area contributed by atoms with Gasteiger partial charge in [-0.2, -0.15) is 5.10 Å². The summed E-state index contributed by atoms with van der Waals surface area (Å²) in [5.41, 5.74) is 2.26. The summed E-state index contributed by atoms with van der Waals surface area (Å²) in [6, 6.07) is 8.24. The average molecular weight is 315 g/mol. The third-order valence-electron chi connectivity index (χ3n) is 3.00. The summed E-state index contributed by atoms with van der Waals surface area (Å²) in [4.78, 5) is 21.6. The lowest BCUT2D eigenvalue weighted by atomic mass is 10.1. The molecular weight excluding hydrogens is 297 g/mol. The van der Waals surface area contributed by atoms with Crippen molar-refractivity contribution in [3.8, 4) is 0 Å². The smallest absolute Gasteiger partial charge is 0.369 e. The largest absolute Gasteiger partial charge is 0.466 e. The minimum absolute atomic E-state index is 0.117. The highest BCUT2D eigenvalue weighted by Crippen LogP contribution is 2.29. The van der Waals surface area contributed by atoms with Crippen LogP contribution in [0, 0.1) is 0 Å². The molecule has 0 radical (unpaired) electrons. The number of likely N-dealkylation sites (N-methyl/N-ethyl adjacent to an activating group) is 1. The standard InChI is InChI=1S/C12H15N3O.H3O4P/c1-13-8-11-12-9-4-2-3-5-10(9)14-15(12)6-7-16-11;1-5(2,3)4/h2-5,11,13H,6-8H2,1H3;(H3,1,2,3,4)/t11-;/m1./s1. The number of nitrogens with one attached hydrogen (secondary N) is 1. The fourth-order valence-corrected chi connectivity index (χ4v) is 2.31. The van der Waals surface area contributed by atoms with Crippen molar-refractivity contribution < 1.29 is 24.0 Å². The van der Waals surface area contributed by atoms with Crippen molar-refractivity contribution in [3.05, 3.63) is 30.0 Å². The molecule has 1 atom stereocenters. The number of benzene rings is 1. The van der Waals surface area contributed by atoms with Gasteiger partial charge in [0.05, 0.1) is 24.4 Å². The zero-order chi connectivity index (χ0) is 15.5. The average Bonchev–Trinajstić information content (AvgIpc) is 2.76. The number of phosphoric acid groups is 1. The molecule has 1 aliphatic rings. The maximum absolute atomic E-state index is 8.88. The minimum atomic E-state index is -4.64. The number of nitrogens with zero attached hydrogens (tertiary/aromatic N) is 2. The van der Waals surface area contributed by atoms with E-state index in [1.54, 1.807) is 0 Å². The predicted molar refractivity (Wildman–Crippen MR) is 76.6 cm³/mol. The first-order valence-electron chi connectivity index (χ1n) is 6.40. The van der Waals surface area contributed by atoms with E-state index in [1.807, 2.05) is 13.1 Å². The Morgan fingerprint density at radius 2 is 2.10 bits per heavy atom. The molecule has 2 aromatic rings. The summed E-state index contributed by atoms with van der Waals surface area (Å²) in [6.07, 6.45) is 0.117. The van der Waals surface area contributed by atoms with Crippen molar-refractivity contribution in [1.82, 2.24) is 15.1 Å². The zero-order valence-corrected chi connectivity index (χ0v) is 12.4. The fraction of sp³-hybridized carbons (Fsp3) is 0.417. The summed E-state index contributed by atoms with van der Waals surface area (Å²) in [5, 5.41) is 8.97. The van der Waals surface area contributed by atoms with Crippen molar-refractivity contribution in [2.24, 2.45) is 0 Å². The highest BCUT2D eigenvalue weighted by Gasteiger charge is 2.24. The van der Waals surface area contributed by atoms with Gasteiger partial charge in [0, 0.05) is 11.9 Å². The van der Waals surface area contributed by atoms with Gasteiger partial charge < -0.3 is 24.7 Å². The molecule has 0 saturated carbocycles. The van der Waals surface area contributed by atoms with Gasteiger partial charge in [0.2, 0.25) is 0 Å². The Morgan fingerprint density at radius 3 is 2.76 bits per heavy atom. The second kappa shape index (κ2) is 6.65. The van der Waals surface area contributed by atoms with Gasteiger partial charge >= 0.3 is 7.82 Å². The number of aromatic nitrogens is 2. The molecule has 0 saturated heterocycles. The lowest BCUT2D eigenvalue weighted by molar-refractivity contribution is 0.0195. The molecule has 1 aromatic heterocycles. The molecular formula is C12H18N3O5P. The van der Waals surface area contributed by atoms with Gasteiger partial charge in [-0.1, -0.05) is 18.2 Å². The van der Waals surface area contributed by atoms with Crippen molar-refractivity contribution in [2.75, 3.05) is 20.2 Å². The van der Waals surface area contributed by atoms with Gasteiger partial charge in [0.15, 0.2) is 0 Å². The van der Waals surface area contributed by atoms with Gasteiger partial charge in [-0.15, -0.1) is 0 Å². The third-order valence-corrected chi connectivity index (χ3v) is 3.00. The van der Waals surface area contributed by atoms with Crippen LogP contribution in [0.5, 0.6) is 0 Å². The summed E-state index contributed by atoms with van der Waals surface area (Å²) < 4.78 is 16.7. The molecule has 116 valence electrons. The van der Waals surface area contributed by atoms with E-state index in [-0.39, 0.29) is 6.10 Å². The number of ether oxygens (including phenoxy) is 1. The van der Waals surface area contributed by atoms with Gasteiger partial charge in [0.1, 0.15) is 6.10 Å². The molecule has 0 fully saturated rings. The first-order valence-corrected chi connectivity index (χ1v) is 7.96. The maximum Gasteiger partial charge on any atom is 0.466 e. The molecule has 0 amide bonds. The van der Waals surface area contributed by atoms with E-state index >= 15 is 0 Å². The van der Waals surface area contributed by atoms with Crippen LogP contribution in [-0.2, 0) is 15.8 Å². The highest BCUT2D eigenvalue weighted by atomic mass is 31.2. The zero-order valence-electron chi connectivity index (χ0n) is 11.5. The molecule has 0 spiro atoms. The van der Waals surface area contributed by atoms with Crippen LogP contribution in [-0.4, -0.2) is 44.7 Å². The minimum Gasteiger partial charge on any atom is -0.369 e. The first-order chi connectivity index (χ1) is 9.90. The SMILES string of the molecule is CNC[C@H]1OCCn2nc3ccccc3c21.O=P(O)(O)O. The third kappa shape index (κ3) is 4.34. The molecule has 1 aromatic carbocycles. The van der Waals surface area contributed by atoms with E-state index in [9.17, 15) is 0 Å². The quantitative estimate of drug-likeness (QED) is 0.593. The van der Waals surface area contributed by atoms with Gasteiger partial charge in [-0.3, -0.25) is 4.68 Å². The van der Waals surface area contributed by atoms with E-state index in [2.05, 4.69) is 33.3 Å². The summed E-state index contributed by atoms with van der Waals surface area (Å²) >= 11 is 0. The Kier molecular flexibility index (Phi) is 5.10. The van der Waals surface area contributed by atoms with Crippen LogP contribution < -0.4 is 5.32 Å². The first kappa shape index (κ1) is 16.1. The molecule has 3 rings (SSSR count). The summed E-state index contributed by atoms with van der Waals surface area (Å²) in [7, 11) is -2.69. The van der Waals surface area contributed by atoms with Crippen molar-refractivity contribution in [3.63, 3.8) is 0 Å². The van der Waals surface area contributed by atoms with Crippen LogP contribution in [0.25, 0.3) is 10.9 Å². The number of rotatable bonds is 2. The van der Waals surface area contributed by atoms with E-state index in [0.717, 1.165) is 25.2 Å². The molecule has 21 heavy (non-hydrogen) atoms. The topological polar surface area (TPSA) is 117 Å². The number of hydrogen-bond acceptors (Lipinski definition) is 4. The van der Waals surface area contributed by atoms with Gasteiger partial charge in [-0.05, 0) is 13.1 Å². The second-order valence-electron chi connectivity index (χ2n) is 4.56. The van der Waals surface area contributed by atoms with Crippen LogP contribution in [0.15, 0.2) is 24.3 Å². The second-order valence-corrected chi connectivity index (χ2v) is 5.58. The molecule has 0 bridgehead atoms. The Balaban J connectivity index is 0.000000282. The summed E-state index contributed by atoms with van der Waals surface area (Å²) in [5.74, 6) is 0. The number of hydrogen-bond donors (Lipinski definition) is 4. The summed E-state index contributed by atoms with van der Waals surface area (Å²) in [6.45, 7) is 2.42. The molecule has 8 nitrogen and oxygen atoms in total. The monoisotopic (exact) mass is 315 g/mol. The van der Waals surface area contributed by atoms with Crippen LogP contribution in [0.4, 0.5) is 0 Å². The van der Waals surface area contributed by atoms with E-state index in [1.165, 1.54) is 11.1 Å². The molecule has 2 heterocycles. The van der Waals surface area contributed by atoms with Crippen LogP contribution in [0.1, 0.15) is 11.8 Å². The van der Waals surface area contributed by atoms with Crippen molar-refractivity contribution in [1.29, 1.82) is 0 Å². The molecule has 0 unspecified atom stereocenters. The van der Waals surface area contributed by atoms with E-state index in [0.29, 0.717) is 0 Å².